The van der Waals surface area contributed by atoms with Gasteiger partial charge in [-0.2, -0.15) is 0 Å². The minimum Gasteiger partial charge on any atom is -0.376 e. The first-order valence-corrected chi connectivity index (χ1v) is 4.79. The van der Waals surface area contributed by atoms with Crippen LogP contribution in [-0.4, -0.2) is 19.0 Å². The lowest BCUT2D eigenvalue weighted by molar-refractivity contribution is -0.128. The Kier molecular flexibility index (Phi) is 4.33. The van der Waals surface area contributed by atoms with Crippen molar-refractivity contribution in [3.63, 3.8) is 0 Å². The summed E-state index contributed by atoms with van der Waals surface area (Å²) in [4.78, 5) is 10.7. The Morgan fingerprint density at radius 1 is 1.50 bits per heavy atom. The molecule has 1 aliphatic carbocycles. The van der Waals surface area contributed by atoms with Gasteiger partial charge < -0.3 is 4.74 Å². The van der Waals surface area contributed by atoms with Crippen LogP contribution in [0.3, 0.4) is 0 Å². The zero-order valence-corrected chi connectivity index (χ0v) is 8.37. The third-order valence-electron chi connectivity index (χ3n) is 2.25. The van der Waals surface area contributed by atoms with Crippen molar-refractivity contribution in [2.24, 2.45) is 5.92 Å². The van der Waals surface area contributed by atoms with Gasteiger partial charge in [-0.05, 0) is 11.5 Å². The van der Waals surface area contributed by atoms with E-state index in [1.165, 1.54) is 0 Å². The molecule has 1 saturated carbocycles. The normalized spacial score (nSPS) is 17.7. The fourth-order valence-electron chi connectivity index (χ4n) is 1.37. The molecule has 0 amide bonds. The summed E-state index contributed by atoms with van der Waals surface area (Å²) in [6.07, 6.45) is 6.73. The summed E-state index contributed by atoms with van der Waals surface area (Å²) in [6, 6.07) is 0. The van der Waals surface area contributed by atoms with Gasteiger partial charge in [0.15, 0.2) is 0 Å². The summed E-state index contributed by atoms with van der Waals surface area (Å²) in [7, 11) is 0. The molecule has 0 bridgehead atoms. The molecule has 2 nitrogen and oxygen atoms in total. The van der Waals surface area contributed by atoms with Gasteiger partial charge in [0.05, 0.1) is 13.2 Å². The van der Waals surface area contributed by atoms with Crippen LogP contribution in [0.2, 0.25) is 0 Å². The lowest BCUT2D eigenvalue weighted by atomic mass is 9.85. The van der Waals surface area contributed by atoms with E-state index in [1.807, 2.05) is 6.08 Å². The van der Waals surface area contributed by atoms with Crippen LogP contribution in [0.15, 0.2) is 37.0 Å². The van der Waals surface area contributed by atoms with Crippen LogP contribution in [0.25, 0.3) is 0 Å². The Hall–Kier alpha value is -1.15. The minimum absolute atomic E-state index is 0.351. The zero-order chi connectivity index (χ0) is 10.4. The monoisotopic (exact) mass is 192 g/mol. The van der Waals surface area contributed by atoms with E-state index in [-0.39, 0.29) is 0 Å². The predicted molar refractivity (Wildman–Crippen MR) is 57.0 cm³/mol. The van der Waals surface area contributed by atoms with Crippen molar-refractivity contribution >= 4 is 5.78 Å². The molecule has 1 aliphatic rings. The molecule has 2 heteroatoms. The molecule has 1 fully saturated rings. The summed E-state index contributed by atoms with van der Waals surface area (Å²) in [6.45, 7) is 8.51. The van der Waals surface area contributed by atoms with E-state index in [1.54, 1.807) is 12.2 Å². The summed E-state index contributed by atoms with van der Waals surface area (Å²) in [5, 5.41) is 0. The molecule has 0 heterocycles. The maximum Gasteiger partial charge on any atom is 0.133 e. The first-order valence-electron chi connectivity index (χ1n) is 4.79. The standard InChI is InChI=1S/C12H16O2/c1-3-5-10(4-2)8-14-9-11-6-12(13)7-11/h3-5,11H,1-2,6-9H2/b10-5+. The van der Waals surface area contributed by atoms with Gasteiger partial charge in [0.2, 0.25) is 0 Å². The molecular formula is C12H16O2. The first kappa shape index (κ1) is 10.9. The van der Waals surface area contributed by atoms with Crippen LogP contribution in [0, 0.1) is 5.92 Å². The van der Waals surface area contributed by atoms with Gasteiger partial charge in [-0.25, -0.2) is 0 Å². The summed E-state index contributed by atoms with van der Waals surface area (Å²) < 4.78 is 5.45. The maximum atomic E-state index is 10.7. The number of hydrogen-bond acceptors (Lipinski definition) is 2. The highest BCUT2D eigenvalue weighted by atomic mass is 16.5. The van der Waals surface area contributed by atoms with Gasteiger partial charge in [-0.15, -0.1) is 0 Å². The van der Waals surface area contributed by atoms with Crippen LogP contribution in [0.4, 0.5) is 0 Å². The van der Waals surface area contributed by atoms with Crippen LogP contribution in [0.1, 0.15) is 12.8 Å². The molecule has 0 atom stereocenters. The summed E-state index contributed by atoms with van der Waals surface area (Å²) in [5.74, 6) is 0.793. The van der Waals surface area contributed by atoms with Crippen molar-refractivity contribution in [1.29, 1.82) is 0 Å². The van der Waals surface area contributed by atoms with E-state index < -0.39 is 0 Å². The molecule has 0 saturated heterocycles. The highest BCUT2D eigenvalue weighted by molar-refractivity contribution is 5.84. The number of rotatable bonds is 6. The van der Waals surface area contributed by atoms with Gasteiger partial charge >= 0.3 is 0 Å². The molecule has 1 rings (SSSR count). The van der Waals surface area contributed by atoms with Crippen molar-refractivity contribution in [2.75, 3.05) is 13.2 Å². The minimum atomic E-state index is 0.351. The van der Waals surface area contributed by atoms with Crippen molar-refractivity contribution in [3.8, 4) is 0 Å². The Labute approximate surface area is 85.0 Å². The second-order valence-electron chi connectivity index (χ2n) is 3.51. The smallest absolute Gasteiger partial charge is 0.133 e. The lowest BCUT2D eigenvalue weighted by Gasteiger charge is -2.23. The van der Waals surface area contributed by atoms with E-state index in [0.29, 0.717) is 37.8 Å². The largest absolute Gasteiger partial charge is 0.376 e. The molecule has 0 spiro atoms. The predicted octanol–water partition coefficient (Wildman–Crippen LogP) is 2.28. The number of ketones is 1. The molecular weight excluding hydrogens is 176 g/mol. The number of Topliss-reactive ketones (excluding diaryl/α,β-unsaturated/α-hetero) is 1. The third kappa shape index (κ3) is 3.30. The molecule has 14 heavy (non-hydrogen) atoms. The van der Waals surface area contributed by atoms with E-state index in [2.05, 4.69) is 13.2 Å². The van der Waals surface area contributed by atoms with E-state index in [4.69, 9.17) is 4.74 Å². The van der Waals surface area contributed by atoms with E-state index >= 15 is 0 Å². The molecule has 0 aromatic carbocycles. The number of carbonyl (C=O) groups excluding carboxylic acids is 1. The van der Waals surface area contributed by atoms with Crippen molar-refractivity contribution in [1.82, 2.24) is 0 Å². The van der Waals surface area contributed by atoms with Crippen molar-refractivity contribution in [2.45, 2.75) is 12.8 Å². The van der Waals surface area contributed by atoms with E-state index in [0.717, 1.165) is 5.57 Å². The first-order chi connectivity index (χ1) is 6.76. The van der Waals surface area contributed by atoms with Crippen LogP contribution in [0.5, 0.6) is 0 Å². The number of ether oxygens (including phenoxy) is 1. The summed E-state index contributed by atoms with van der Waals surface area (Å²) in [5.41, 5.74) is 1.02. The average Bonchev–Trinajstić information content (AvgIpc) is 2.13. The Bertz CT molecular complexity index is 255. The van der Waals surface area contributed by atoms with Gasteiger partial charge in [0, 0.05) is 12.8 Å². The SMILES string of the molecule is C=C/C=C(\C=C)COCC1CC(=O)C1. The second kappa shape index (κ2) is 5.55. The molecule has 0 N–H and O–H groups in total. The highest BCUT2D eigenvalue weighted by Crippen LogP contribution is 2.22. The van der Waals surface area contributed by atoms with Crippen LogP contribution >= 0.6 is 0 Å². The third-order valence-corrected chi connectivity index (χ3v) is 2.25. The van der Waals surface area contributed by atoms with E-state index in [9.17, 15) is 4.79 Å². The number of hydrogen-bond donors (Lipinski definition) is 0. The van der Waals surface area contributed by atoms with Crippen LogP contribution < -0.4 is 0 Å². The Morgan fingerprint density at radius 2 is 2.21 bits per heavy atom. The zero-order valence-electron chi connectivity index (χ0n) is 8.37. The Balaban J connectivity index is 2.13. The molecule has 0 aromatic rings. The topological polar surface area (TPSA) is 26.3 Å². The Morgan fingerprint density at radius 3 is 2.71 bits per heavy atom. The van der Waals surface area contributed by atoms with Crippen molar-refractivity contribution in [3.05, 3.63) is 37.0 Å². The van der Waals surface area contributed by atoms with Gasteiger partial charge in [0.1, 0.15) is 5.78 Å². The van der Waals surface area contributed by atoms with Gasteiger partial charge in [-0.1, -0.05) is 31.4 Å². The quantitative estimate of drug-likeness (QED) is 0.603. The van der Waals surface area contributed by atoms with Gasteiger partial charge in [0.25, 0.3) is 0 Å². The maximum absolute atomic E-state index is 10.7. The number of carbonyl (C=O) groups is 1. The van der Waals surface area contributed by atoms with Crippen LogP contribution in [-0.2, 0) is 9.53 Å². The summed E-state index contributed by atoms with van der Waals surface area (Å²) >= 11 is 0. The second-order valence-corrected chi connectivity index (χ2v) is 3.51. The fourth-order valence-corrected chi connectivity index (χ4v) is 1.37. The molecule has 0 aromatic heterocycles. The molecule has 0 aliphatic heterocycles. The van der Waals surface area contributed by atoms with Gasteiger partial charge in [-0.3, -0.25) is 4.79 Å². The van der Waals surface area contributed by atoms with Crippen molar-refractivity contribution < 1.29 is 9.53 Å². The fraction of sp³-hybridized carbons (Fsp3) is 0.417. The number of allylic oxidation sites excluding steroid dienone is 2. The average molecular weight is 192 g/mol. The molecule has 0 radical (unpaired) electrons. The molecule has 76 valence electrons. The molecule has 0 unspecified atom stereocenters. The highest BCUT2D eigenvalue weighted by Gasteiger charge is 2.26. The lowest BCUT2D eigenvalue weighted by Crippen LogP contribution is -2.27.